The number of hydrogen-bond donors (Lipinski definition) is 0. The summed E-state index contributed by atoms with van der Waals surface area (Å²) >= 11 is 9.60. The Balaban J connectivity index is 2.45. The fraction of sp³-hybridized carbons (Fsp3) is 0.227. The van der Waals surface area contributed by atoms with Crippen molar-refractivity contribution in [2.24, 2.45) is 0 Å². The van der Waals surface area contributed by atoms with Gasteiger partial charge in [-0.1, -0.05) is 55.8 Å². The summed E-state index contributed by atoms with van der Waals surface area (Å²) in [6.45, 7) is 4.19. The summed E-state index contributed by atoms with van der Waals surface area (Å²) in [7, 11) is 1.63. The van der Waals surface area contributed by atoms with Crippen LogP contribution >= 0.6 is 35.1 Å². The molecule has 0 aliphatic heterocycles. The van der Waals surface area contributed by atoms with E-state index >= 15 is 0 Å². The molecule has 0 heterocycles. The molecule has 0 unspecified atom stereocenters. The minimum absolute atomic E-state index is 0.0306. The molecular formula is C22H23ClO2S2. The van der Waals surface area contributed by atoms with Crippen LogP contribution in [0.15, 0.2) is 58.8 Å². The van der Waals surface area contributed by atoms with Gasteiger partial charge in [-0.25, -0.2) is 0 Å². The largest absolute Gasteiger partial charge is 0.497 e. The number of allylic oxidation sites excluding steroid dienone is 2. The Morgan fingerprint density at radius 2 is 1.67 bits per heavy atom. The van der Waals surface area contributed by atoms with Gasteiger partial charge < -0.3 is 4.74 Å². The first-order valence-electron chi connectivity index (χ1n) is 8.71. The summed E-state index contributed by atoms with van der Waals surface area (Å²) in [5.41, 5.74) is 2.44. The Kier molecular flexibility index (Phi) is 9.05. The molecule has 0 aliphatic carbocycles. The number of benzene rings is 2. The third-order valence-electron chi connectivity index (χ3n) is 3.70. The van der Waals surface area contributed by atoms with Crippen molar-refractivity contribution >= 4 is 52.6 Å². The van der Waals surface area contributed by atoms with E-state index in [0.29, 0.717) is 5.02 Å². The summed E-state index contributed by atoms with van der Waals surface area (Å²) in [4.78, 5) is 13.1. The predicted octanol–water partition coefficient (Wildman–Crippen LogP) is 6.81. The Morgan fingerprint density at radius 1 is 1.04 bits per heavy atom. The molecule has 5 heteroatoms. The molecule has 0 saturated heterocycles. The van der Waals surface area contributed by atoms with E-state index in [1.54, 1.807) is 42.8 Å². The van der Waals surface area contributed by atoms with Gasteiger partial charge >= 0.3 is 0 Å². The van der Waals surface area contributed by atoms with E-state index < -0.39 is 0 Å². The van der Waals surface area contributed by atoms with E-state index in [2.05, 4.69) is 13.8 Å². The minimum atomic E-state index is -0.0306. The highest BCUT2D eigenvalue weighted by Crippen LogP contribution is 2.37. The number of thioether (sulfide) groups is 2. The molecule has 2 aromatic carbocycles. The van der Waals surface area contributed by atoms with Gasteiger partial charge in [0.2, 0.25) is 0 Å². The first-order valence-corrected chi connectivity index (χ1v) is 11.1. The number of methoxy groups -OCH3 is 1. The van der Waals surface area contributed by atoms with Gasteiger partial charge in [-0.15, -0.1) is 23.5 Å². The molecule has 0 aromatic heterocycles. The zero-order valence-electron chi connectivity index (χ0n) is 15.7. The predicted molar refractivity (Wildman–Crippen MR) is 122 cm³/mol. The summed E-state index contributed by atoms with van der Waals surface area (Å²) in [6.07, 6.45) is 3.38. The lowest BCUT2D eigenvalue weighted by Gasteiger charge is -2.12. The monoisotopic (exact) mass is 418 g/mol. The van der Waals surface area contributed by atoms with E-state index in [-0.39, 0.29) is 5.78 Å². The first-order chi connectivity index (χ1) is 13.1. The smallest absolute Gasteiger partial charge is 0.188 e. The van der Waals surface area contributed by atoms with E-state index in [1.165, 1.54) is 0 Å². The van der Waals surface area contributed by atoms with E-state index in [0.717, 1.165) is 38.2 Å². The van der Waals surface area contributed by atoms with Gasteiger partial charge in [0, 0.05) is 10.6 Å². The highest BCUT2D eigenvalue weighted by atomic mass is 35.5. The maximum Gasteiger partial charge on any atom is 0.188 e. The van der Waals surface area contributed by atoms with Crippen molar-refractivity contribution in [3.63, 3.8) is 0 Å². The van der Waals surface area contributed by atoms with Gasteiger partial charge in [-0.05, 0) is 53.0 Å². The molecule has 2 rings (SSSR count). The lowest BCUT2D eigenvalue weighted by atomic mass is 10.0. The van der Waals surface area contributed by atoms with Gasteiger partial charge in [-0.2, -0.15) is 0 Å². The number of ether oxygens (including phenoxy) is 1. The maximum atomic E-state index is 13.1. The third kappa shape index (κ3) is 6.20. The van der Waals surface area contributed by atoms with Crippen molar-refractivity contribution in [3.05, 3.63) is 75.0 Å². The van der Waals surface area contributed by atoms with Crippen molar-refractivity contribution < 1.29 is 9.53 Å². The molecular weight excluding hydrogens is 396 g/mol. The van der Waals surface area contributed by atoms with Gasteiger partial charge in [0.15, 0.2) is 5.78 Å². The van der Waals surface area contributed by atoms with Crippen molar-refractivity contribution in [1.82, 2.24) is 0 Å². The number of carbonyl (C=O) groups excluding carboxylic acids is 1. The molecule has 0 atom stereocenters. The number of hydrogen-bond acceptors (Lipinski definition) is 4. The quantitative estimate of drug-likeness (QED) is 0.418. The fourth-order valence-electron chi connectivity index (χ4n) is 2.43. The molecule has 0 radical (unpaired) electrons. The Hall–Kier alpha value is -1.62. The topological polar surface area (TPSA) is 26.3 Å². The number of carbonyl (C=O) groups is 1. The SMILES string of the molecule is CCSC(SCC)=C(C(=O)/C=C/c1ccccc1Cl)c1ccc(OC)cc1. The molecule has 0 amide bonds. The molecule has 0 N–H and O–H groups in total. The fourth-order valence-corrected chi connectivity index (χ4v) is 4.91. The lowest BCUT2D eigenvalue weighted by Crippen LogP contribution is -2.01. The molecule has 0 aliphatic rings. The van der Waals surface area contributed by atoms with Gasteiger partial charge in [0.25, 0.3) is 0 Å². The molecule has 142 valence electrons. The zero-order chi connectivity index (χ0) is 19.6. The number of halogens is 1. The minimum Gasteiger partial charge on any atom is -0.497 e. The summed E-state index contributed by atoms with van der Waals surface area (Å²) in [5.74, 6) is 2.55. The van der Waals surface area contributed by atoms with Gasteiger partial charge in [0.1, 0.15) is 5.75 Å². The van der Waals surface area contributed by atoms with Crippen LogP contribution in [0.2, 0.25) is 5.02 Å². The first kappa shape index (κ1) is 21.7. The maximum absolute atomic E-state index is 13.1. The van der Waals surface area contributed by atoms with Crippen LogP contribution < -0.4 is 4.74 Å². The van der Waals surface area contributed by atoms with Crippen LogP contribution in [0.1, 0.15) is 25.0 Å². The summed E-state index contributed by atoms with van der Waals surface area (Å²) < 4.78 is 6.28. The molecule has 27 heavy (non-hydrogen) atoms. The zero-order valence-corrected chi connectivity index (χ0v) is 18.1. The molecule has 0 fully saturated rings. The van der Waals surface area contributed by atoms with Crippen molar-refractivity contribution in [3.8, 4) is 5.75 Å². The number of ketones is 1. The second-order valence-corrected chi connectivity index (χ2v) is 8.69. The molecule has 2 nitrogen and oxygen atoms in total. The van der Waals surface area contributed by atoms with Crippen LogP contribution in [0.3, 0.4) is 0 Å². The highest BCUT2D eigenvalue weighted by molar-refractivity contribution is 8.22. The average molecular weight is 419 g/mol. The van der Waals surface area contributed by atoms with Gasteiger partial charge in [0.05, 0.1) is 11.3 Å². The normalized spacial score (nSPS) is 10.8. The summed E-state index contributed by atoms with van der Waals surface area (Å²) in [6, 6.07) is 15.1. The van der Waals surface area contributed by atoms with Crippen LogP contribution in [0.25, 0.3) is 11.6 Å². The molecule has 0 saturated carbocycles. The Bertz CT molecular complexity index is 818. The van der Waals surface area contributed by atoms with Crippen molar-refractivity contribution in [1.29, 1.82) is 0 Å². The average Bonchev–Trinajstić information content (AvgIpc) is 2.68. The van der Waals surface area contributed by atoms with Crippen molar-refractivity contribution in [2.75, 3.05) is 18.6 Å². The number of rotatable bonds is 9. The summed E-state index contributed by atoms with van der Waals surface area (Å²) in [5, 5.41) is 0.627. The van der Waals surface area contributed by atoms with Crippen LogP contribution in [0, 0.1) is 0 Å². The molecule has 0 spiro atoms. The van der Waals surface area contributed by atoms with Crippen LogP contribution in [-0.2, 0) is 4.79 Å². The third-order valence-corrected chi connectivity index (χ3v) is 6.26. The van der Waals surface area contributed by atoms with Crippen LogP contribution in [-0.4, -0.2) is 24.4 Å². The Labute approximate surface area is 175 Å². The molecule has 2 aromatic rings. The van der Waals surface area contributed by atoms with E-state index in [9.17, 15) is 4.79 Å². The highest BCUT2D eigenvalue weighted by Gasteiger charge is 2.16. The second kappa shape index (κ2) is 11.3. The Morgan fingerprint density at radius 3 is 2.22 bits per heavy atom. The second-order valence-electron chi connectivity index (χ2n) is 5.48. The van der Waals surface area contributed by atoms with Crippen LogP contribution in [0.4, 0.5) is 0 Å². The van der Waals surface area contributed by atoms with E-state index in [1.807, 2.05) is 48.5 Å². The van der Waals surface area contributed by atoms with Crippen LogP contribution in [0.5, 0.6) is 5.75 Å². The lowest BCUT2D eigenvalue weighted by molar-refractivity contribution is -0.109. The standard InChI is InChI=1S/C22H23ClO2S2/c1-4-26-22(27-5-2)21(17-10-13-18(25-3)14-11-17)20(24)15-12-16-8-6-7-9-19(16)23/h6-15H,4-5H2,1-3H3/b15-12+. The van der Waals surface area contributed by atoms with Crippen molar-refractivity contribution in [2.45, 2.75) is 13.8 Å². The van der Waals surface area contributed by atoms with E-state index in [4.69, 9.17) is 16.3 Å². The van der Waals surface area contributed by atoms with Gasteiger partial charge in [-0.3, -0.25) is 4.79 Å². The molecule has 0 bridgehead atoms.